The van der Waals surface area contributed by atoms with Crippen molar-refractivity contribution in [2.45, 2.75) is 0 Å². The molecule has 43 heavy (non-hydrogen) atoms. The lowest BCUT2D eigenvalue weighted by Crippen LogP contribution is -2.09. The van der Waals surface area contributed by atoms with E-state index in [9.17, 15) is 0 Å². The monoisotopic (exact) mass is 545 g/mol. The Morgan fingerprint density at radius 1 is 0.279 bits per heavy atom. The van der Waals surface area contributed by atoms with Gasteiger partial charge in [0.2, 0.25) is 0 Å². The Hall–Kier alpha value is -6.02. The minimum absolute atomic E-state index is 0.964. The first-order valence-electron chi connectivity index (χ1n) is 14.4. The molecule has 0 bridgehead atoms. The van der Waals surface area contributed by atoms with E-state index in [1.54, 1.807) is 0 Å². The van der Waals surface area contributed by atoms with E-state index in [0.29, 0.717) is 0 Å². The summed E-state index contributed by atoms with van der Waals surface area (Å²) in [7, 11) is 0. The lowest BCUT2D eigenvalue weighted by atomic mass is 9.92. The summed E-state index contributed by atoms with van der Waals surface area (Å²) in [6.07, 6.45) is 0. The zero-order chi connectivity index (χ0) is 28.8. The Bertz CT molecular complexity index is 2060. The van der Waals surface area contributed by atoms with Gasteiger partial charge in [-0.1, -0.05) is 127 Å². The predicted octanol–water partition coefficient (Wildman–Crippen LogP) is 10.3. The molecule has 7 rings (SSSR count). The molecular weight excluding hydrogens is 518 g/mol. The fourth-order valence-electron chi connectivity index (χ4n) is 5.48. The molecule has 0 heterocycles. The van der Waals surface area contributed by atoms with Crippen molar-refractivity contribution < 1.29 is 0 Å². The van der Waals surface area contributed by atoms with Crippen molar-refractivity contribution in [1.82, 2.24) is 0 Å². The van der Waals surface area contributed by atoms with Gasteiger partial charge in [-0.05, 0) is 82.2 Å². The highest BCUT2D eigenvalue weighted by Crippen LogP contribution is 2.35. The summed E-state index contributed by atoms with van der Waals surface area (Å²) in [6.45, 7) is 0. The van der Waals surface area contributed by atoms with Crippen molar-refractivity contribution in [1.29, 1.82) is 0 Å². The minimum Gasteiger partial charge on any atom is -0.311 e. The topological polar surface area (TPSA) is 3.24 Å². The Morgan fingerprint density at radius 2 is 0.605 bits per heavy atom. The van der Waals surface area contributed by atoms with Crippen molar-refractivity contribution in [3.05, 3.63) is 186 Å². The molecule has 0 aliphatic carbocycles. The van der Waals surface area contributed by atoms with Crippen LogP contribution in [0.4, 0.5) is 17.1 Å². The Morgan fingerprint density at radius 3 is 1.02 bits per heavy atom. The summed E-state index contributed by atoms with van der Waals surface area (Å²) in [5.74, 6) is 13.9. The predicted molar refractivity (Wildman–Crippen MR) is 181 cm³/mol. The van der Waals surface area contributed by atoms with Gasteiger partial charge in [0.05, 0.1) is 0 Å². The lowest BCUT2D eigenvalue weighted by molar-refractivity contribution is 1.28. The fourth-order valence-corrected chi connectivity index (χ4v) is 5.48. The SMILES string of the molecule is C(#Cc1c2ccccc2c(C#Cc2ccc(N(c3ccccc3)c3ccccc3)cc2)c2ccccc12)c1ccccc1. The van der Waals surface area contributed by atoms with Crippen LogP contribution in [-0.4, -0.2) is 0 Å². The van der Waals surface area contributed by atoms with Crippen LogP contribution in [0.1, 0.15) is 22.3 Å². The largest absolute Gasteiger partial charge is 0.311 e. The average molecular weight is 546 g/mol. The highest BCUT2D eigenvalue weighted by Gasteiger charge is 2.13. The maximum atomic E-state index is 3.55. The summed E-state index contributed by atoms with van der Waals surface area (Å²) < 4.78 is 0. The van der Waals surface area contributed by atoms with Crippen molar-refractivity contribution in [3.8, 4) is 23.7 Å². The molecule has 0 amide bonds. The zero-order valence-corrected chi connectivity index (χ0v) is 23.5. The first-order chi connectivity index (χ1) is 21.3. The molecule has 0 saturated carbocycles. The van der Waals surface area contributed by atoms with Crippen LogP contribution in [0, 0.1) is 23.7 Å². The molecule has 0 saturated heterocycles. The molecule has 200 valence electrons. The third kappa shape index (κ3) is 5.37. The van der Waals surface area contributed by atoms with Gasteiger partial charge in [-0.3, -0.25) is 0 Å². The summed E-state index contributed by atoms with van der Waals surface area (Å²) >= 11 is 0. The summed E-state index contributed by atoms with van der Waals surface area (Å²) in [6, 6.07) is 56.4. The molecule has 0 radical (unpaired) electrons. The molecule has 1 nitrogen and oxygen atoms in total. The number of benzene rings is 7. The first-order valence-corrected chi connectivity index (χ1v) is 14.4. The van der Waals surface area contributed by atoms with Gasteiger partial charge in [-0.25, -0.2) is 0 Å². The van der Waals surface area contributed by atoms with Crippen LogP contribution >= 0.6 is 0 Å². The molecule has 7 aromatic carbocycles. The number of hydrogen-bond donors (Lipinski definition) is 0. The van der Waals surface area contributed by atoms with Crippen LogP contribution in [0.25, 0.3) is 21.5 Å². The molecule has 1 heteroatoms. The van der Waals surface area contributed by atoms with Crippen LogP contribution in [0.3, 0.4) is 0 Å². The maximum absolute atomic E-state index is 3.55. The highest BCUT2D eigenvalue weighted by atomic mass is 15.1. The molecular formula is C42H27N. The lowest BCUT2D eigenvalue weighted by Gasteiger charge is -2.25. The smallest absolute Gasteiger partial charge is 0.0462 e. The normalized spacial score (nSPS) is 10.4. The van der Waals surface area contributed by atoms with Crippen molar-refractivity contribution in [2.24, 2.45) is 0 Å². The number of rotatable bonds is 3. The second-order valence-electron chi connectivity index (χ2n) is 10.3. The van der Waals surface area contributed by atoms with Crippen LogP contribution in [0.15, 0.2) is 164 Å². The standard InChI is InChI=1S/C42H27N/c1-4-14-32(15-5-1)26-30-41-37-20-10-12-22-39(37)42(40-23-13-11-21-38(40)41)31-27-33-24-28-36(29-25-33)43(34-16-6-2-7-17-34)35-18-8-3-9-19-35/h1-25,28-29H. The highest BCUT2D eigenvalue weighted by molar-refractivity contribution is 6.09. The molecule has 0 aliphatic heterocycles. The first kappa shape index (κ1) is 25.9. The van der Waals surface area contributed by atoms with Crippen LogP contribution in [-0.2, 0) is 0 Å². The molecule has 0 fully saturated rings. The molecule has 0 spiro atoms. The van der Waals surface area contributed by atoms with E-state index < -0.39 is 0 Å². The van der Waals surface area contributed by atoms with Gasteiger partial charge in [0.1, 0.15) is 0 Å². The summed E-state index contributed by atoms with van der Waals surface area (Å²) in [4.78, 5) is 2.26. The Balaban J connectivity index is 1.30. The van der Waals surface area contributed by atoms with Crippen LogP contribution in [0.2, 0.25) is 0 Å². The number of anilines is 3. The van der Waals surface area contributed by atoms with E-state index in [0.717, 1.165) is 60.9 Å². The average Bonchev–Trinajstić information content (AvgIpc) is 3.08. The van der Waals surface area contributed by atoms with Gasteiger partial charge in [-0.2, -0.15) is 0 Å². The van der Waals surface area contributed by atoms with E-state index in [2.05, 4.69) is 150 Å². The second-order valence-corrected chi connectivity index (χ2v) is 10.3. The molecule has 7 aromatic rings. The molecule has 0 N–H and O–H groups in total. The van der Waals surface area contributed by atoms with Gasteiger partial charge < -0.3 is 4.90 Å². The Labute approximate surface area is 252 Å². The van der Waals surface area contributed by atoms with Crippen LogP contribution < -0.4 is 4.90 Å². The Kier molecular flexibility index (Phi) is 7.14. The summed E-state index contributed by atoms with van der Waals surface area (Å²) in [5, 5.41) is 4.46. The van der Waals surface area contributed by atoms with Crippen molar-refractivity contribution >= 4 is 38.6 Å². The second kappa shape index (κ2) is 11.8. The molecule has 0 aromatic heterocycles. The quantitative estimate of drug-likeness (QED) is 0.158. The minimum atomic E-state index is 0.964. The number of nitrogens with zero attached hydrogens (tertiary/aromatic N) is 1. The molecule has 0 aliphatic rings. The third-order valence-corrected chi connectivity index (χ3v) is 7.52. The van der Waals surface area contributed by atoms with Gasteiger partial charge in [0, 0.05) is 39.3 Å². The van der Waals surface area contributed by atoms with Crippen LogP contribution in [0.5, 0.6) is 0 Å². The van der Waals surface area contributed by atoms with Gasteiger partial charge in [0.15, 0.2) is 0 Å². The summed E-state index contributed by atoms with van der Waals surface area (Å²) in [5.41, 5.74) is 7.33. The maximum Gasteiger partial charge on any atom is 0.0462 e. The van der Waals surface area contributed by atoms with Crippen molar-refractivity contribution in [2.75, 3.05) is 4.90 Å². The van der Waals surface area contributed by atoms with Gasteiger partial charge in [-0.15, -0.1) is 0 Å². The number of fused-ring (bicyclic) bond motifs is 2. The van der Waals surface area contributed by atoms with E-state index >= 15 is 0 Å². The van der Waals surface area contributed by atoms with Gasteiger partial charge in [0.25, 0.3) is 0 Å². The third-order valence-electron chi connectivity index (χ3n) is 7.52. The van der Waals surface area contributed by atoms with E-state index in [-0.39, 0.29) is 0 Å². The van der Waals surface area contributed by atoms with Crippen molar-refractivity contribution in [3.63, 3.8) is 0 Å². The van der Waals surface area contributed by atoms with E-state index in [1.807, 2.05) is 42.5 Å². The van der Waals surface area contributed by atoms with Gasteiger partial charge >= 0.3 is 0 Å². The number of hydrogen-bond acceptors (Lipinski definition) is 1. The molecule has 0 unspecified atom stereocenters. The van der Waals surface area contributed by atoms with E-state index in [1.165, 1.54) is 0 Å². The van der Waals surface area contributed by atoms with E-state index in [4.69, 9.17) is 0 Å². The number of para-hydroxylation sites is 2. The fraction of sp³-hybridized carbons (Fsp3) is 0. The molecule has 0 atom stereocenters. The zero-order valence-electron chi connectivity index (χ0n) is 23.5.